The van der Waals surface area contributed by atoms with Crippen molar-refractivity contribution in [3.05, 3.63) is 101 Å². The van der Waals surface area contributed by atoms with Crippen LogP contribution in [0.5, 0.6) is 5.88 Å². The molecule has 39 heavy (non-hydrogen) atoms. The number of hydrogen-bond acceptors (Lipinski definition) is 7. The number of benzene rings is 2. The molecule has 0 aliphatic carbocycles. The highest BCUT2D eigenvalue weighted by Crippen LogP contribution is 2.29. The number of aryl methyl sites for hydroxylation is 1. The molecule has 10 heteroatoms. The number of nitrogens with zero attached hydrogens (tertiary/aromatic N) is 3. The van der Waals surface area contributed by atoms with E-state index < -0.39 is 38.0 Å². The second-order valence-corrected chi connectivity index (χ2v) is 11.0. The maximum Gasteiger partial charge on any atom is 0.277 e. The van der Waals surface area contributed by atoms with Crippen molar-refractivity contribution in [2.75, 3.05) is 13.7 Å². The smallest absolute Gasteiger partial charge is 0.277 e. The Morgan fingerprint density at radius 1 is 1.03 bits per heavy atom. The van der Waals surface area contributed by atoms with Crippen LogP contribution in [-0.2, 0) is 21.0 Å². The number of aromatic hydroxyl groups is 1. The summed E-state index contributed by atoms with van der Waals surface area (Å²) in [6.45, 7) is 2.13. The predicted octanol–water partition coefficient (Wildman–Crippen LogP) is 4.95. The average Bonchev–Trinajstić information content (AvgIpc) is 2.93. The molecule has 0 amide bonds. The fourth-order valence-corrected chi connectivity index (χ4v) is 5.83. The fraction of sp³-hybridized carbons (Fsp3) is 0.276. The lowest BCUT2D eigenvalue weighted by atomic mass is 10.1. The van der Waals surface area contributed by atoms with Gasteiger partial charge in [-0.3, -0.25) is 14.3 Å². The Morgan fingerprint density at radius 2 is 1.74 bits per heavy atom. The van der Waals surface area contributed by atoms with E-state index in [0.717, 1.165) is 24.6 Å². The molecule has 2 heterocycles. The monoisotopic (exact) mass is 551 g/mol. The summed E-state index contributed by atoms with van der Waals surface area (Å²) in [5.74, 6) is -1.08. The lowest BCUT2D eigenvalue weighted by Gasteiger charge is -2.24. The molecular formula is C29H30FN3O5S. The Bertz CT molecular complexity index is 1590. The van der Waals surface area contributed by atoms with E-state index in [-0.39, 0.29) is 17.3 Å². The molecule has 0 aliphatic heterocycles. The predicted molar refractivity (Wildman–Crippen MR) is 145 cm³/mol. The molecule has 1 unspecified atom stereocenters. The van der Waals surface area contributed by atoms with Crippen molar-refractivity contribution in [2.24, 2.45) is 0 Å². The highest BCUT2D eigenvalue weighted by Gasteiger charge is 2.32. The number of halogens is 1. The number of rotatable bonds is 11. The molecular weight excluding hydrogens is 521 g/mol. The lowest BCUT2D eigenvalue weighted by Crippen LogP contribution is -2.35. The van der Waals surface area contributed by atoms with E-state index in [1.165, 1.54) is 48.2 Å². The Balaban J connectivity index is 1.85. The standard InChI is InChI=1S/C29H30FN3O5S/c1-3-4-6-11-26-32-28(34)27(29(35)33(26)25(19-38-2)21-9-7-5-8-10-21)39(36,37)24-14-12-20(13-15-24)22-16-23(30)18-31-17-22/h5,7-10,12-18,25,34H,3-4,6,11,19H2,1-2H3. The van der Waals surface area contributed by atoms with E-state index in [4.69, 9.17) is 4.74 Å². The maximum atomic E-state index is 14.0. The Hall–Kier alpha value is -3.89. The first-order valence-electron chi connectivity index (χ1n) is 12.6. The Morgan fingerprint density at radius 3 is 2.38 bits per heavy atom. The molecule has 4 rings (SSSR count). The molecule has 0 spiro atoms. The van der Waals surface area contributed by atoms with Gasteiger partial charge in [0.25, 0.3) is 5.56 Å². The topological polar surface area (TPSA) is 111 Å². The van der Waals surface area contributed by atoms with Crippen molar-refractivity contribution in [3.63, 3.8) is 0 Å². The van der Waals surface area contributed by atoms with Gasteiger partial charge in [-0.05, 0) is 35.7 Å². The van der Waals surface area contributed by atoms with Crippen molar-refractivity contribution in [1.82, 2.24) is 14.5 Å². The van der Waals surface area contributed by atoms with Crippen LogP contribution in [0.3, 0.4) is 0 Å². The summed E-state index contributed by atoms with van der Waals surface area (Å²) in [7, 11) is -2.98. The minimum absolute atomic E-state index is 0.0903. The van der Waals surface area contributed by atoms with Gasteiger partial charge in [-0.1, -0.05) is 62.2 Å². The first-order valence-corrected chi connectivity index (χ1v) is 14.1. The first-order chi connectivity index (χ1) is 18.8. The summed E-state index contributed by atoms with van der Waals surface area (Å²) in [5.41, 5.74) is 0.865. The third-order valence-corrected chi connectivity index (χ3v) is 8.21. The van der Waals surface area contributed by atoms with Gasteiger partial charge in [0.15, 0.2) is 4.90 Å². The Labute approximate surface area is 226 Å². The molecule has 0 fully saturated rings. The highest BCUT2D eigenvalue weighted by molar-refractivity contribution is 7.91. The van der Waals surface area contributed by atoms with Crippen molar-refractivity contribution in [1.29, 1.82) is 0 Å². The van der Waals surface area contributed by atoms with Crippen molar-refractivity contribution >= 4 is 9.84 Å². The second kappa shape index (κ2) is 12.3. The van der Waals surface area contributed by atoms with Gasteiger partial charge in [-0.25, -0.2) is 12.8 Å². The van der Waals surface area contributed by atoms with Crippen LogP contribution in [0.4, 0.5) is 4.39 Å². The van der Waals surface area contributed by atoms with Crippen LogP contribution >= 0.6 is 0 Å². The van der Waals surface area contributed by atoms with Crippen LogP contribution in [0, 0.1) is 5.82 Å². The summed E-state index contributed by atoms with van der Waals surface area (Å²) in [6.07, 6.45) is 5.42. The molecule has 0 saturated carbocycles. The van der Waals surface area contributed by atoms with E-state index in [9.17, 15) is 22.7 Å². The van der Waals surface area contributed by atoms with Crippen molar-refractivity contribution in [3.8, 4) is 17.0 Å². The quantitative estimate of drug-likeness (QED) is 0.263. The van der Waals surface area contributed by atoms with Crippen molar-refractivity contribution < 1.29 is 22.7 Å². The van der Waals surface area contributed by atoms with Gasteiger partial charge in [0.1, 0.15) is 11.6 Å². The third-order valence-electron chi connectivity index (χ3n) is 6.43. The molecule has 1 atom stereocenters. The van der Waals surface area contributed by atoms with E-state index in [1.807, 2.05) is 37.3 Å². The molecule has 2 aromatic heterocycles. The summed E-state index contributed by atoms with van der Waals surface area (Å²) in [5, 5.41) is 10.8. The first kappa shape index (κ1) is 28.1. The van der Waals surface area contributed by atoms with Crippen LogP contribution in [0.15, 0.2) is 87.6 Å². The van der Waals surface area contributed by atoms with Gasteiger partial charge in [0.05, 0.1) is 23.7 Å². The summed E-state index contributed by atoms with van der Waals surface area (Å²) >= 11 is 0. The summed E-state index contributed by atoms with van der Waals surface area (Å²) in [6, 6.07) is 15.3. The molecule has 204 valence electrons. The number of hydrogen-bond donors (Lipinski definition) is 1. The van der Waals surface area contributed by atoms with Gasteiger partial charge in [-0.15, -0.1) is 0 Å². The molecule has 4 aromatic rings. The highest BCUT2D eigenvalue weighted by atomic mass is 32.2. The summed E-state index contributed by atoms with van der Waals surface area (Å²) in [4.78, 5) is 21.0. The van der Waals surface area contributed by atoms with Crippen LogP contribution in [-0.4, -0.2) is 41.8 Å². The largest absolute Gasteiger partial charge is 0.492 e. The van der Waals surface area contributed by atoms with E-state index >= 15 is 0 Å². The number of aromatic nitrogens is 3. The molecule has 2 aromatic carbocycles. The van der Waals surface area contributed by atoms with Crippen LogP contribution in [0.25, 0.3) is 11.1 Å². The lowest BCUT2D eigenvalue weighted by molar-refractivity contribution is 0.165. The molecule has 0 aliphatic rings. The fourth-order valence-electron chi connectivity index (χ4n) is 4.48. The zero-order chi connectivity index (χ0) is 28.0. The summed E-state index contributed by atoms with van der Waals surface area (Å²) < 4.78 is 47.8. The third kappa shape index (κ3) is 6.07. The van der Waals surface area contributed by atoms with Crippen LogP contribution in [0.1, 0.15) is 43.6 Å². The normalized spacial score (nSPS) is 12.4. The van der Waals surface area contributed by atoms with Gasteiger partial charge in [0, 0.05) is 25.3 Å². The Kier molecular flexibility index (Phi) is 8.88. The van der Waals surface area contributed by atoms with E-state index in [0.29, 0.717) is 24.0 Å². The number of methoxy groups -OCH3 is 1. The van der Waals surface area contributed by atoms with Gasteiger partial charge in [0.2, 0.25) is 15.7 Å². The number of ether oxygens (including phenoxy) is 1. The number of sulfone groups is 1. The van der Waals surface area contributed by atoms with Gasteiger partial charge < -0.3 is 9.84 Å². The van der Waals surface area contributed by atoms with Crippen LogP contribution < -0.4 is 5.56 Å². The van der Waals surface area contributed by atoms with Crippen molar-refractivity contribution in [2.45, 2.75) is 48.4 Å². The number of unbranched alkanes of at least 4 members (excludes halogenated alkanes) is 2. The average molecular weight is 552 g/mol. The minimum atomic E-state index is -4.48. The van der Waals surface area contributed by atoms with E-state index in [2.05, 4.69) is 9.97 Å². The molecule has 0 bridgehead atoms. The van der Waals surface area contributed by atoms with E-state index in [1.54, 1.807) is 0 Å². The van der Waals surface area contributed by atoms with Gasteiger partial charge in [-0.2, -0.15) is 4.98 Å². The molecule has 1 N–H and O–H groups in total. The SMILES string of the molecule is CCCCCc1nc(O)c(S(=O)(=O)c2ccc(-c3cncc(F)c3)cc2)c(=O)n1C(COC)c1ccccc1. The minimum Gasteiger partial charge on any atom is -0.492 e. The molecule has 0 radical (unpaired) electrons. The number of pyridine rings is 1. The zero-order valence-electron chi connectivity index (χ0n) is 21.7. The van der Waals surface area contributed by atoms with Crippen LogP contribution in [0.2, 0.25) is 0 Å². The maximum absolute atomic E-state index is 14.0. The van der Waals surface area contributed by atoms with Gasteiger partial charge >= 0.3 is 0 Å². The molecule has 8 nitrogen and oxygen atoms in total. The molecule has 0 saturated heterocycles. The second-order valence-electron chi connectivity index (χ2n) is 9.11. The zero-order valence-corrected chi connectivity index (χ0v) is 22.6.